The molecule has 1 fully saturated rings. The molecule has 78 valence electrons. The number of thiophene rings is 1. The van der Waals surface area contributed by atoms with Crippen LogP contribution in [0.4, 0.5) is 0 Å². The molecule has 1 unspecified atom stereocenters. The minimum atomic E-state index is 0.326. The maximum Gasteiger partial charge on any atom is 0.0531 e. The first-order chi connectivity index (χ1) is 6.78. The van der Waals surface area contributed by atoms with Crippen molar-refractivity contribution in [1.29, 1.82) is 0 Å². The molecule has 1 aliphatic heterocycles. The molecule has 1 nitrogen and oxygen atoms in total. The summed E-state index contributed by atoms with van der Waals surface area (Å²) in [6.07, 6.45) is 5.21. The van der Waals surface area contributed by atoms with Gasteiger partial charge in [0.1, 0.15) is 0 Å². The van der Waals surface area contributed by atoms with Crippen molar-refractivity contribution < 1.29 is 0 Å². The zero-order valence-electron chi connectivity index (χ0n) is 9.10. The van der Waals surface area contributed by atoms with Gasteiger partial charge >= 0.3 is 0 Å². The Bertz CT molecular complexity index is 297. The van der Waals surface area contributed by atoms with E-state index in [1.807, 2.05) is 11.3 Å². The lowest BCUT2D eigenvalue weighted by atomic mass is 9.88. The summed E-state index contributed by atoms with van der Waals surface area (Å²) < 4.78 is 0. The zero-order chi connectivity index (χ0) is 10.0. The highest BCUT2D eigenvalue weighted by molar-refractivity contribution is 7.10. The molecule has 0 aromatic carbocycles. The zero-order valence-corrected chi connectivity index (χ0v) is 9.91. The van der Waals surface area contributed by atoms with E-state index in [2.05, 4.69) is 30.6 Å². The van der Waals surface area contributed by atoms with E-state index in [-0.39, 0.29) is 0 Å². The number of rotatable bonds is 3. The van der Waals surface area contributed by atoms with Crippen molar-refractivity contribution in [2.75, 3.05) is 6.54 Å². The number of aryl methyl sites for hydroxylation is 1. The lowest BCUT2D eigenvalue weighted by Gasteiger charge is -2.29. The Morgan fingerprint density at radius 1 is 1.57 bits per heavy atom. The topological polar surface area (TPSA) is 12.0 Å². The maximum atomic E-state index is 3.72. The first-order valence-electron chi connectivity index (χ1n) is 5.58. The monoisotopic (exact) mass is 209 g/mol. The van der Waals surface area contributed by atoms with Gasteiger partial charge in [-0.05, 0) is 49.7 Å². The highest BCUT2D eigenvalue weighted by Crippen LogP contribution is 2.39. The van der Waals surface area contributed by atoms with E-state index in [4.69, 9.17) is 0 Å². The summed E-state index contributed by atoms with van der Waals surface area (Å²) in [5.74, 6) is 0. The Morgan fingerprint density at radius 3 is 2.93 bits per heavy atom. The fourth-order valence-corrected chi connectivity index (χ4v) is 3.78. The minimum absolute atomic E-state index is 0.326. The Morgan fingerprint density at radius 2 is 2.43 bits per heavy atom. The van der Waals surface area contributed by atoms with Gasteiger partial charge in [0.25, 0.3) is 0 Å². The maximum absolute atomic E-state index is 3.72. The van der Waals surface area contributed by atoms with Crippen molar-refractivity contribution in [2.45, 2.75) is 45.1 Å². The van der Waals surface area contributed by atoms with E-state index >= 15 is 0 Å². The van der Waals surface area contributed by atoms with Crippen LogP contribution in [0.5, 0.6) is 0 Å². The van der Waals surface area contributed by atoms with E-state index < -0.39 is 0 Å². The van der Waals surface area contributed by atoms with Gasteiger partial charge in [0.2, 0.25) is 0 Å². The lowest BCUT2D eigenvalue weighted by Crippen LogP contribution is -2.36. The van der Waals surface area contributed by atoms with E-state index in [1.165, 1.54) is 37.8 Å². The van der Waals surface area contributed by atoms with Gasteiger partial charge in [0, 0.05) is 4.88 Å². The summed E-state index contributed by atoms with van der Waals surface area (Å²) in [6.45, 7) is 5.71. The Hall–Kier alpha value is -0.340. The summed E-state index contributed by atoms with van der Waals surface area (Å²) in [7, 11) is 0. The lowest BCUT2D eigenvalue weighted by molar-refractivity contribution is 0.361. The molecule has 2 heterocycles. The second kappa shape index (κ2) is 4.03. The van der Waals surface area contributed by atoms with Crippen LogP contribution in [0, 0.1) is 6.92 Å². The van der Waals surface area contributed by atoms with Gasteiger partial charge in [0.05, 0.1) is 5.54 Å². The van der Waals surface area contributed by atoms with E-state index in [9.17, 15) is 0 Å². The Kier molecular flexibility index (Phi) is 2.93. The molecular weight excluding hydrogens is 190 g/mol. The second-order valence-corrected chi connectivity index (χ2v) is 5.21. The summed E-state index contributed by atoms with van der Waals surface area (Å²) in [5.41, 5.74) is 1.80. The number of nitrogens with one attached hydrogen (secondary N) is 1. The molecule has 1 aliphatic rings. The van der Waals surface area contributed by atoms with Gasteiger partial charge in [-0.2, -0.15) is 0 Å². The van der Waals surface area contributed by atoms with Crippen LogP contribution in [0.25, 0.3) is 0 Å². The van der Waals surface area contributed by atoms with Gasteiger partial charge in [-0.25, -0.2) is 0 Å². The van der Waals surface area contributed by atoms with Crippen molar-refractivity contribution in [3.05, 3.63) is 21.9 Å². The molecule has 1 N–H and O–H groups in total. The number of hydrogen-bond donors (Lipinski definition) is 1. The summed E-state index contributed by atoms with van der Waals surface area (Å²) in [6, 6.07) is 2.25. The fraction of sp³-hybridized carbons (Fsp3) is 0.667. The third-order valence-corrected chi connectivity index (χ3v) is 4.44. The molecule has 0 amide bonds. The highest BCUT2D eigenvalue weighted by atomic mass is 32.1. The van der Waals surface area contributed by atoms with E-state index in [1.54, 1.807) is 4.88 Å². The Balaban J connectivity index is 2.31. The third-order valence-electron chi connectivity index (χ3n) is 3.22. The fourth-order valence-electron chi connectivity index (χ4n) is 2.62. The Labute approximate surface area is 90.5 Å². The third kappa shape index (κ3) is 1.61. The van der Waals surface area contributed by atoms with Crippen LogP contribution < -0.4 is 5.32 Å². The molecule has 2 rings (SSSR count). The van der Waals surface area contributed by atoms with Crippen LogP contribution in [0.15, 0.2) is 11.4 Å². The molecule has 2 heteroatoms. The van der Waals surface area contributed by atoms with Gasteiger partial charge < -0.3 is 5.32 Å². The molecule has 0 aliphatic carbocycles. The van der Waals surface area contributed by atoms with Crippen molar-refractivity contribution in [3.63, 3.8) is 0 Å². The van der Waals surface area contributed by atoms with Crippen molar-refractivity contribution in [2.24, 2.45) is 0 Å². The normalized spacial score (nSPS) is 27.0. The molecule has 0 saturated carbocycles. The molecule has 0 spiro atoms. The van der Waals surface area contributed by atoms with Crippen LogP contribution >= 0.6 is 11.3 Å². The van der Waals surface area contributed by atoms with Crippen molar-refractivity contribution in [3.8, 4) is 0 Å². The average molecular weight is 209 g/mol. The van der Waals surface area contributed by atoms with E-state index in [0.29, 0.717) is 5.54 Å². The van der Waals surface area contributed by atoms with Crippen LogP contribution in [-0.2, 0) is 5.54 Å². The standard InChI is InChI=1S/C12H19NS/c1-3-6-12(7-4-8-13-12)11-10(2)5-9-14-11/h5,9,13H,3-4,6-8H2,1-2H3. The molecule has 1 atom stereocenters. The molecule has 0 radical (unpaired) electrons. The van der Waals surface area contributed by atoms with Crippen LogP contribution in [0.3, 0.4) is 0 Å². The van der Waals surface area contributed by atoms with Crippen LogP contribution in [0.2, 0.25) is 0 Å². The van der Waals surface area contributed by atoms with Gasteiger partial charge in [-0.3, -0.25) is 0 Å². The molecule has 1 aromatic rings. The SMILES string of the molecule is CCCC1(c2sccc2C)CCCN1. The van der Waals surface area contributed by atoms with Crippen LogP contribution in [0.1, 0.15) is 43.0 Å². The molecule has 1 saturated heterocycles. The highest BCUT2D eigenvalue weighted by Gasteiger charge is 2.36. The van der Waals surface area contributed by atoms with Crippen molar-refractivity contribution >= 4 is 11.3 Å². The number of hydrogen-bond acceptors (Lipinski definition) is 2. The van der Waals surface area contributed by atoms with Gasteiger partial charge in [-0.1, -0.05) is 13.3 Å². The molecule has 14 heavy (non-hydrogen) atoms. The smallest absolute Gasteiger partial charge is 0.0531 e. The van der Waals surface area contributed by atoms with Crippen LogP contribution in [-0.4, -0.2) is 6.54 Å². The quantitative estimate of drug-likeness (QED) is 0.804. The average Bonchev–Trinajstić information content (AvgIpc) is 2.75. The summed E-state index contributed by atoms with van der Waals surface area (Å²) in [5, 5.41) is 5.95. The largest absolute Gasteiger partial charge is 0.307 e. The first kappa shape index (κ1) is 10.2. The summed E-state index contributed by atoms with van der Waals surface area (Å²) >= 11 is 1.92. The minimum Gasteiger partial charge on any atom is -0.307 e. The van der Waals surface area contributed by atoms with E-state index in [0.717, 1.165) is 0 Å². The molecular formula is C12H19NS. The molecule has 1 aromatic heterocycles. The predicted molar refractivity (Wildman–Crippen MR) is 62.9 cm³/mol. The molecule has 0 bridgehead atoms. The van der Waals surface area contributed by atoms with Crippen molar-refractivity contribution in [1.82, 2.24) is 5.32 Å². The first-order valence-corrected chi connectivity index (χ1v) is 6.46. The predicted octanol–water partition coefficient (Wildman–Crippen LogP) is 3.44. The second-order valence-electron chi connectivity index (χ2n) is 4.30. The van der Waals surface area contributed by atoms with Gasteiger partial charge in [0.15, 0.2) is 0 Å². The van der Waals surface area contributed by atoms with Gasteiger partial charge in [-0.15, -0.1) is 11.3 Å². The summed E-state index contributed by atoms with van der Waals surface area (Å²) in [4.78, 5) is 1.58.